The number of hydrogen-bond acceptors (Lipinski definition) is 3. The molecule has 2 aromatic rings. The molecule has 1 heterocycles. The highest BCUT2D eigenvalue weighted by Crippen LogP contribution is 2.27. The lowest BCUT2D eigenvalue weighted by atomic mass is 10.1. The molecule has 1 aromatic heterocycles. The van der Waals surface area contributed by atoms with Crippen molar-refractivity contribution in [1.29, 1.82) is 0 Å². The average Bonchev–Trinajstić information content (AvgIpc) is 3.04. The number of carbonyl (C=O) groups is 1. The van der Waals surface area contributed by atoms with E-state index in [1.807, 2.05) is 12.1 Å². The molecule has 0 unspecified atom stereocenters. The van der Waals surface area contributed by atoms with E-state index in [1.165, 1.54) is 11.1 Å². The summed E-state index contributed by atoms with van der Waals surface area (Å²) in [4.78, 5) is 12.2. The molecular weight excluding hydrogens is 314 g/mol. The van der Waals surface area contributed by atoms with Gasteiger partial charge in [-0.3, -0.25) is 9.89 Å². The zero-order valence-electron chi connectivity index (χ0n) is 15.0. The largest absolute Gasteiger partial charge is 0.507 e. The SMILES string of the molecule is CC(C)=CCCC(C)=CCNC(=O)c1cc(-c2ccccc2O)n[nH]1. The van der Waals surface area contributed by atoms with Gasteiger partial charge in [0, 0.05) is 12.1 Å². The summed E-state index contributed by atoms with van der Waals surface area (Å²) >= 11 is 0. The fourth-order valence-electron chi connectivity index (χ4n) is 2.37. The molecular formula is C20H25N3O2. The van der Waals surface area contributed by atoms with Gasteiger partial charge in [0.15, 0.2) is 0 Å². The summed E-state index contributed by atoms with van der Waals surface area (Å²) in [6.45, 7) is 6.72. The molecule has 0 aliphatic heterocycles. The summed E-state index contributed by atoms with van der Waals surface area (Å²) in [5.41, 5.74) is 4.07. The van der Waals surface area contributed by atoms with E-state index in [-0.39, 0.29) is 11.7 Å². The number of amides is 1. The smallest absolute Gasteiger partial charge is 0.269 e. The number of hydrogen-bond donors (Lipinski definition) is 3. The predicted molar refractivity (Wildman–Crippen MR) is 100 cm³/mol. The van der Waals surface area contributed by atoms with Crippen molar-refractivity contribution in [3.63, 3.8) is 0 Å². The quantitative estimate of drug-likeness (QED) is 0.661. The van der Waals surface area contributed by atoms with Crippen molar-refractivity contribution in [2.45, 2.75) is 33.6 Å². The van der Waals surface area contributed by atoms with E-state index in [4.69, 9.17) is 0 Å². The number of aromatic nitrogens is 2. The Hall–Kier alpha value is -2.82. The summed E-state index contributed by atoms with van der Waals surface area (Å²) in [5.74, 6) is -0.0848. The number of para-hydroxylation sites is 1. The van der Waals surface area contributed by atoms with Crippen molar-refractivity contribution in [3.05, 3.63) is 59.3 Å². The van der Waals surface area contributed by atoms with Gasteiger partial charge in [-0.05, 0) is 51.8 Å². The number of phenols is 1. The van der Waals surface area contributed by atoms with E-state index in [1.54, 1.807) is 24.3 Å². The third-order valence-electron chi connectivity index (χ3n) is 3.81. The molecule has 0 bridgehead atoms. The highest BCUT2D eigenvalue weighted by atomic mass is 16.3. The summed E-state index contributed by atoms with van der Waals surface area (Å²) in [6, 6.07) is 8.53. The third-order valence-corrected chi connectivity index (χ3v) is 3.81. The monoisotopic (exact) mass is 339 g/mol. The first kappa shape index (κ1) is 18.5. The van der Waals surface area contributed by atoms with Crippen molar-refractivity contribution in [2.24, 2.45) is 0 Å². The van der Waals surface area contributed by atoms with E-state index < -0.39 is 0 Å². The topological polar surface area (TPSA) is 78.0 Å². The Morgan fingerprint density at radius 3 is 2.72 bits per heavy atom. The standard InChI is InChI=1S/C20H25N3O2/c1-14(2)7-6-8-15(3)11-12-21-20(25)18-13-17(22-23-18)16-9-4-5-10-19(16)24/h4-5,7,9-11,13,24H,6,8,12H2,1-3H3,(H,21,25)(H,22,23). The minimum atomic E-state index is -0.220. The van der Waals surface area contributed by atoms with Crippen LogP contribution in [0.25, 0.3) is 11.3 Å². The Kier molecular flexibility index (Phi) is 6.57. The minimum Gasteiger partial charge on any atom is -0.507 e. The van der Waals surface area contributed by atoms with Crippen LogP contribution >= 0.6 is 0 Å². The van der Waals surface area contributed by atoms with Gasteiger partial charge in [-0.25, -0.2) is 0 Å². The fraction of sp³-hybridized carbons (Fsp3) is 0.300. The first-order chi connectivity index (χ1) is 12.0. The number of aromatic hydroxyl groups is 1. The maximum Gasteiger partial charge on any atom is 0.269 e. The lowest BCUT2D eigenvalue weighted by Crippen LogP contribution is -2.23. The van der Waals surface area contributed by atoms with Crippen molar-refractivity contribution in [3.8, 4) is 17.0 Å². The van der Waals surface area contributed by atoms with Gasteiger partial charge in [0.1, 0.15) is 11.4 Å². The molecule has 0 saturated heterocycles. The summed E-state index contributed by atoms with van der Waals surface area (Å²) in [6.07, 6.45) is 6.24. The van der Waals surface area contributed by atoms with Gasteiger partial charge >= 0.3 is 0 Å². The molecule has 5 heteroatoms. The van der Waals surface area contributed by atoms with E-state index in [9.17, 15) is 9.90 Å². The number of nitrogens with one attached hydrogen (secondary N) is 2. The second-order valence-electron chi connectivity index (χ2n) is 6.26. The summed E-state index contributed by atoms with van der Waals surface area (Å²) in [7, 11) is 0. The highest BCUT2D eigenvalue weighted by molar-refractivity contribution is 5.93. The number of H-pyrrole nitrogens is 1. The van der Waals surface area contributed by atoms with Crippen LogP contribution in [0.15, 0.2) is 53.6 Å². The molecule has 1 amide bonds. The number of nitrogens with zero attached hydrogens (tertiary/aromatic N) is 1. The Labute approximate surface area is 148 Å². The Morgan fingerprint density at radius 1 is 1.24 bits per heavy atom. The van der Waals surface area contributed by atoms with Crippen molar-refractivity contribution in [2.75, 3.05) is 6.54 Å². The third kappa shape index (κ3) is 5.64. The molecule has 5 nitrogen and oxygen atoms in total. The Balaban J connectivity index is 1.90. The molecule has 1 aromatic carbocycles. The second-order valence-corrected chi connectivity index (χ2v) is 6.26. The van der Waals surface area contributed by atoms with Crippen LogP contribution in [0.4, 0.5) is 0 Å². The van der Waals surface area contributed by atoms with E-state index in [0.29, 0.717) is 23.5 Å². The van der Waals surface area contributed by atoms with Crippen LogP contribution in [0.5, 0.6) is 5.75 Å². The lowest BCUT2D eigenvalue weighted by Gasteiger charge is -2.02. The fourth-order valence-corrected chi connectivity index (χ4v) is 2.37. The van der Waals surface area contributed by atoms with Crippen molar-refractivity contribution >= 4 is 5.91 Å². The number of rotatable bonds is 7. The molecule has 0 aliphatic carbocycles. The maximum atomic E-state index is 12.2. The van der Waals surface area contributed by atoms with Gasteiger partial charge in [-0.1, -0.05) is 35.4 Å². The van der Waals surface area contributed by atoms with Gasteiger partial charge in [0.25, 0.3) is 5.91 Å². The van der Waals surface area contributed by atoms with Crippen LogP contribution in [-0.4, -0.2) is 27.8 Å². The molecule has 0 fully saturated rings. The van der Waals surface area contributed by atoms with E-state index >= 15 is 0 Å². The molecule has 0 radical (unpaired) electrons. The number of aromatic amines is 1. The Morgan fingerprint density at radius 2 is 2.00 bits per heavy atom. The Bertz CT molecular complexity index is 784. The predicted octanol–water partition coefficient (Wildman–Crippen LogP) is 4.20. The van der Waals surface area contributed by atoms with E-state index in [2.05, 4.69) is 42.4 Å². The summed E-state index contributed by atoms with van der Waals surface area (Å²) < 4.78 is 0. The molecule has 0 atom stereocenters. The van der Waals surface area contributed by atoms with Crippen LogP contribution in [-0.2, 0) is 0 Å². The van der Waals surface area contributed by atoms with E-state index in [0.717, 1.165) is 12.8 Å². The van der Waals surface area contributed by atoms with Crippen LogP contribution in [0.2, 0.25) is 0 Å². The highest BCUT2D eigenvalue weighted by Gasteiger charge is 2.12. The number of carbonyl (C=O) groups excluding carboxylic acids is 1. The maximum absolute atomic E-state index is 12.2. The minimum absolute atomic E-state index is 0.135. The van der Waals surface area contributed by atoms with Crippen LogP contribution in [0.3, 0.4) is 0 Å². The molecule has 132 valence electrons. The molecule has 0 aliphatic rings. The van der Waals surface area contributed by atoms with Crippen LogP contribution < -0.4 is 5.32 Å². The summed E-state index contributed by atoms with van der Waals surface area (Å²) in [5, 5.41) is 19.5. The van der Waals surface area contributed by atoms with Gasteiger partial charge in [-0.15, -0.1) is 0 Å². The normalized spacial score (nSPS) is 11.2. The molecule has 25 heavy (non-hydrogen) atoms. The zero-order chi connectivity index (χ0) is 18.2. The zero-order valence-corrected chi connectivity index (χ0v) is 15.0. The number of allylic oxidation sites excluding steroid dienone is 3. The van der Waals surface area contributed by atoms with Crippen molar-refractivity contribution < 1.29 is 9.90 Å². The van der Waals surface area contributed by atoms with Crippen LogP contribution in [0.1, 0.15) is 44.1 Å². The molecule has 2 rings (SSSR count). The average molecular weight is 339 g/mol. The first-order valence-electron chi connectivity index (χ1n) is 8.38. The van der Waals surface area contributed by atoms with Crippen LogP contribution in [0, 0.1) is 0 Å². The lowest BCUT2D eigenvalue weighted by molar-refractivity contribution is 0.0953. The van der Waals surface area contributed by atoms with Gasteiger partial charge in [0.2, 0.25) is 0 Å². The number of benzene rings is 1. The number of phenolic OH excluding ortho intramolecular Hbond substituents is 1. The first-order valence-corrected chi connectivity index (χ1v) is 8.38. The molecule has 0 spiro atoms. The van der Waals surface area contributed by atoms with Crippen molar-refractivity contribution in [1.82, 2.24) is 15.5 Å². The molecule has 3 N–H and O–H groups in total. The van der Waals surface area contributed by atoms with Gasteiger partial charge in [0.05, 0.1) is 5.69 Å². The molecule has 0 saturated carbocycles. The van der Waals surface area contributed by atoms with Gasteiger partial charge in [-0.2, -0.15) is 5.10 Å². The second kappa shape index (κ2) is 8.87. The van der Waals surface area contributed by atoms with Gasteiger partial charge < -0.3 is 10.4 Å².